The first kappa shape index (κ1) is 87.6. The second kappa shape index (κ2) is 36.5. The Morgan fingerprint density at radius 3 is 0.642 bits per heavy atom. The molecule has 0 bridgehead atoms. The number of aromatic nitrogens is 10. The van der Waals surface area contributed by atoms with Crippen molar-refractivity contribution in [3.63, 3.8) is 0 Å². The van der Waals surface area contributed by atoms with E-state index in [1.807, 2.05) is 12.1 Å². The molecule has 0 aliphatic heterocycles. The molecule has 0 saturated carbocycles. The van der Waals surface area contributed by atoms with E-state index in [1.54, 1.807) is 0 Å². The zero-order valence-corrected chi connectivity index (χ0v) is 81.7. The van der Waals surface area contributed by atoms with Gasteiger partial charge in [-0.05, 0) is 148 Å². The Kier molecular flexibility index (Phi) is 21.6. The van der Waals surface area contributed by atoms with Crippen molar-refractivity contribution in [1.82, 2.24) is 47.3 Å². The molecule has 0 unspecified atom stereocenters. The van der Waals surface area contributed by atoms with Crippen molar-refractivity contribution >= 4 is 131 Å². The van der Waals surface area contributed by atoms with Gasteiger partial charge >= 0.3 is 0 Å². The second-order valence-corrected chi connectivity index (χ2v) is 39.1. The Labute approximate surface area is 855 Å². The van der Waals surface area contributed by atoms with Crippen LogP contribution in [0.25, 0.3) is 255 Å². The van der Waals surface area contributed by atoms with Crippen molar-refractivity contribution in [3.05, 3.63) is 533 Å². The lowest BCUT2D eigenvalue weighted by molar-refractivity contribution is 0.590. The first-order valence-corrected chi connectivity index (χ1v) is 50.6. The molecular weight excluding hydrogens is 1800 g/mol. The molecule has 0 radical (unpaired) electrons. The molecule has 0 aliphatic carbocycles. The third kappa shape index (κ3) is 15.3. The average Bonchev–Trinajstić information content (AvgIpc) is 1.55. The summed E-state index contributed by atoms with van der Waals surface area (Å²) in [5.41, 5.74) is 37.6. The van der Waals surface area contributed by atoms with Gasteiger partial charge < -0.3 is 22.8 Å². The lowest BCUT2D eigenvalue weighted by atomic mass is 9.87. The molecule has 0 aliphatic rings. The van der Waals surface area contributed by atoms with E-state index in [0.29, 0.717) is 5.95 Å². The van der Waals surface area contributed by atoms with Crippen molar-refractivity contribution in [2.24, 2.45) is 0 Å². The molecule has 10 heteroatoms. The second-order valence-electron chi connectivity index (χ2n) is 39.1. The normalized spacial score (nSPS) is 11.8. The van der Waals surface area contributed by atoms with Gasteiger partial charge in [0.15, 0.2) is 0 Å². The maximum Gasteiger partial charge on any atom is 0.235 e. The van der Waals surface area contributed by atoms with Crippen molar-refractivity contribution in [2.75, 3.05) is 0 Å². The van der Waals surface area contributed by atoms with Crippen LogP contribution in [0.4, 0.5) is 0 Å². The molecule has 9 heterocycles. The molecule has 9 aromatic heterocycles. The van der Waals surface area contributed by atoms with Crippen LogP contribution in [0.15, 0.2) is 528 Å². The third-order valence-corrected chi connectivity index (χ3v) is 29.3. The highest BCUT2D eigenvalue weighted by molar-refractivity contribution is 6.27. The largest absolute Gasteiger partial charge is 0.307 e. The first-order valence-electron chi connectivity index (χ1n) is 50.6. The highest BCUT2D eigenvalue weighted by Crippen LogP contribution is 2.49. The van der Waals surface area contributed by atoms with Gasteiger partial charge in [0.05, 0.1) is 112 Å². The van der Waals surface area contributed by atoms with E-state index in [2.05, 4.69) is 564 Å². The molecule has 0 spiro atoms. The fourth-order valence-corrected chi connectivity index (χ4v) is 22.4. The van der Waals surface area contributed by atoms with E-state index < -0.39 is 0 Å². The molecule has 29 aromatic rings. The third-order valence-electron chi connectivity index (χ3n) is 29.3. The smallest absolute Gasteiger partial charge is 0.235 e. The summed E-state index contributed by atoms with van der Waals surface area (Å²) in [6.45, 7) is 6.78. The lowest BCUT2D eigenvalue weighted by Crippen LogP contribution is -2.10. The number of hydrogen-bond acceptors (Lipinski definition) is 4. The van der Waals surface area contributed by atoms with Crippen molar-refractivity contribution in [3.8, 4) is 124 Å². The number of rotatable bonds is 14. The fourth-order valence-electron chi connectivity index (χ4n) is 22.4. The first-order chi connectivity index (χ1) is 73.1. The molecule has 698 valence electrons. The summed E-state index contributed by atoms with van der Waals surface area (Å²) in [4.78, 5) is 21.1. The predicted octanol–water partition coefficient (Wildman–Crippen LogP) is 35.9. The van der Waals surface area contributed by atoms with Crippen LogP contribution >= 0.6 is 0 Å². The number of pyridine rings is 2. The molecule has 0 N–H and O–H groups in total. The standard InChI is InChI=1S/C53H35N3.C44H34N4.C41H27N3/c1-6-16-36(17-7-1)40-26-30-50-46(32-40)44-28-29-45-47-33-41(37-18-8-2-9-19-37)27-31-51(47)56(53(45)52(44)55(50)42-24-14-5-15-25-42)43-34-48(38-20-10-3-11-21-38)54-49(35-43)39-22-12-4-13-23-39;1-44(2,3)31-22-24-32(25-23-31)47-39-20-12-10-18-33(39)35-26-27-36-34-19-11-13-21-40(34)48(42(36)41(35)47)43-45-37(29-14-6-4-7-15-29)28-38(46-43)30-16-8-5-9-17-30;1-4-14-28(15-5-1)36-26-31(27-37(42-36)29-16-6-2-7-17-29)44-39-23-13-11-21-33(39)35-25-24-34-32-20-10-12-22-38(32)43(40(34)41(35)44)30-18-8-3-9-19-30/h1-35H;4-28H,1-3H3;1-27H. The van der Waals surface area contributed by atoms with E-state index in [-0.39, 0.29) is 5.41 Å². The van der Waals surface area contributed by atoms with Gasteiger partial charge in [-0.2, -0.15) is 0 Å². The number of benzene rings is 20. The topological polar surface area (TPSA) is 81.1 Å². The Hall–Kier alpha value is -19.4. The Bertz CT molecular complexity index is 9960. The van der Waals surface area contributed by atoms with Gasteiger partial charge in [0.2, 0.25) is 5.95 Å². The van der Waals surface area contributed by atoms with Gasteiger partial charge in [0, 0.05) is 115 Å². The maximum atomic E-state index is 5.32. The summed E-state index contributed by atoms with van der Waals surface area (Å²) in [6.07, 6.45) is 0. The Morgan fingerprint density at radius 1 is 0.142 bits per heavy atom. The minimum Gasteiger partial charge on any atom is -0.307 e. The number of para-hydroxylation sites is 6. The van der Waals surface area contributed by atoms with Crippen molar-refractivity contribution in [2.45, 2.75) is 26.2 Å². The fraction of sp³-hybridized carbons (Fsp3) is 0.0290. The molecule has 0 amide bonds. The van der Waals surface area contributed by atoms with E-state index in [4.69, 9.17) is 19.9 Å². The molecular formula is C138H96N10. The van der Waals surface area contributed by atoms with Gasteiger partial charge in [-0.15, -0.1) is 0 Å². The lowest BCUT2D eigenvalue weighted by Gasteiger charge is -2.19. The molecule has 20 aromatic carbocycles. The highest BCUT2D eigenvalue weighted by Gasteiger charge is 2.29. The van der Waals surface area contributed by atoms with Gasteiger partial charge in [-0.1, -0.05) is 433 Å². The summed E-state index contributed by atoms with van der Waals surface area (Å²) >= 11 is 0. The van der Waals surface area contributed by atoms with Crippen LogP contribution in [0.2, 0.25) is 0 Å². The van der Waals surface area contributed by atoms with E-state index in [9.17, 15) is 0 Å². The number of fused-ring (bicyclic) bond motifs is 21. The quantitative estimate of drug-likeness (QED) is 0.109. The van der Waals surface area contributed by atoms with Gasteiger partial charge in [0.25, 0.3) is 0 Å². The molecule has 29 rings (SSSR count). The van der Waals surface area contributed by atoms with Crippen LogP contribution < -0.4 is 0 Å². The monoisotopic (exact) mass is 1890 g/mol. The van der Waals surface area contributed by atoms with Crippen molar-refractivity contribution in [1.29, 1.82) is 0 Å². The predicted molar refractivity (Wildman–Crippen MR) is 619 cm³/mol. The minimum atomic E-state index is 0.0661. The van der Waals surface area contributed by atoms with Crippen LogP contribution in [0.1, 0.15) is 26.3 Å². The van der Waals surface area contributed by atoms with Gasteiger partial charge in [-0.25, -0.2) is 19.9 Å². The number of nitrogens with zero attached hydrogens (tertiary/aromatic N) is 10. The molecule has 0 fully saturated rings. The van der Waals surface area contributed by atoms with Gasteiger partial charge in [0.1, 0.15) is 0 Å². The maximum absolute atomic E-state index is 5.32. The summed E-state index contributed by atoms with van der Waals surface area (Å²) in [6, 6.07) is 188. The van der Waals surface area contributed by atoms with Gasteiger partial charge in [-0.3, -0.25) is 4.57 Å². The van der Waals surface area contributed by atoms with E-state index in [0.717, 1.165) is 124 Å². The Balaban J connectivity index is 0.000000110. The highest BCUT2D eigenvalue weighted by atomic mass is 15.2. The minimum absolute atomic E-state index is 0.0661. The van der Waals surface area contributed by atoms with Crippen LogP contribution in [0.3, 0.4) is 0 Å². The number of hydrogen-bond donors (Lipinski definition) is 0. The van der Waals surface area contributed by atoms with Crippen LogP contribution in [0, 0.1) is 0 Å². The zero-order chi connectivity index (χ0) is 98.4. The van der Waals surface area contributed by atoms with E-state index in [1.165, 1.54) is 131 Å². The molecule has 10 nitrogen and oxygen atoms in total. The molecule has 148 heavy (non-hydrogen) atoms. The Morgan fingerprint density at radius 2 is 0.358 bits per heavy atom. The van der Waals surface area contributed by atoms with Crippen molar-refractivity contribution < 1.29 is 0 Å². The molecule has 0 saturated heterocycles. The van der Waals surface area contributed by atoms with Crippen LogP contribution in [-0.2, 0) is 5.41 Å². The summed E-state index contributed by atoms with van der Waals surface area (Å²) in [7, 11) is 0. The summed E-state index contributed by atoms with van der Waals surface area (Å²) in [5.74, 6) is 0.647. The summed E-state index contributed by atoms with van der Waals surface area (Å²) in [5, 5.41) is 14.5. The van der Waals surface area contributed by atoms with Crippen LogP contribution in [0.5, 0.6) is 0 Å². The van der Waals surface area contributed by atoms with E-state index >= 15 is 0 Å². The SMILES string of the molecule is CC(C)(C)c1ccc(-n2c3ccccc3c3ccc4c5ccccc5n(-c5nc(-c6ccccc6)cc(-c6ccccc6)n5)c4c32)cc1.c1ccc(-c2cc(-n3c4ccccc4c4ccc5c6ccccc6n(-c6ccccc6)c5c43)cc(-c3ccccc3)n2)cc1.c1ccc(-c2ccc3c(c2)c2ccc4c5cc(-c6ccccc6)ccc5n(-c5cc(-c6ccccc6)nc(-c6ccccc6)c5)c4c2n3-c2ccccc2)cc1. The van der Waals surface area contributed by atoms with Crippen LogP contribution in [-0.4, -0.2) is 47.3 Å². The summed E-state index contributed by atoms with van der Waals surface area (Å²) < 4.78 is 14.5. The zero-order valence-electron chi connectivity index (χ0n) is 81.7. The average molecular weight is 1890 g/mol. The molecule has 0 atom stereocenters.